The highest BCUT2D eigenvalue weighted by molar-refractivity contribution is 5.85. The highest BCUT2D eigenvalue weighted by atomic mass is 35.5. The maximum atomic E-state index is 13.3. The van der Waals surface area contributed by atoms with E-state index >= 15 is 0 Å². The summed E-state index contributed by atoms with van der Waals surface area (Å²) in [5.74, 6) is 0.256. The van der Waals surface area contributed by atoms with Crippen LogP contribution in [0.15, 0.2) is 24.3 Å². The molecule has 0 atom stereocenters. The quantitative estimate of drug-likeness (QED) is 0.861. The third-order valence-corrected chi connectivity index (χ3v) is 5.19. The molecule has 0 aromatic heterocycles. The number of benzene rings is 1. The average molecular weight is 390 g/mol. The molecule has 1 amide bonds. The Morgan fingerprint density at radius 2 is 1.88 bits per heavy atom. The van der Waals surface area contributed by atoms with Crippen LogP contribution < -0.4 is 10.2 Å². The van der Waals surface area contributed by atoms with Gasteiger partial charge in [0.15, 0.2) is 0 Å². The number of anilines is 1. The number of amides is 1. The van der Waals surface area contributed by atoms with E-state index in [9.17, 15) is 4.79 Å². The molecule has 0 bridgehead atoms. The molecule has 2 aliphatic heterocycles. The van der Waals surface area contributed by atoms with Crippen molar-refractivity contribution in [2.45, 2.75) is 19.4 Å². The van der Waals surface area contributed by atoms with Crippen LogP contribution in [0.2, 0.25) is 0 Å². The van der Waals surface area contributed by atoms with Crippen molar-refractivity contribution in [3.05, 3.63) is 29.8 Å². The van der Waals surface area contributed by atoms with Crippen molar-refractivity contribution < 1.29 is 9.53 Å². The van der Waals surface area contributed by atoms with Crippen LogP contribution in [0.3, 0.4) is 0 Å². The maximum Gasteiger partial charge on any atom is 0.231 e. The highest BCUT2D eigenvalue weighted by Gasteiger charge is 2.42. The van der Waals surface area contributed by atoms with Gasteiger partial charge in [0.05, 0.1) is 12.0 Å². The zero-order valence-corrected chi connectivity index (χ0v) is 16.6. The Labute approximate surface area is 162 Å². The summed E-state index contributed by atoms with van der Waals surface area (Å²) in [4.78, 5) is 17.6. The number of hydrogen-bond donors (Lipinski definition) is 1. The minimum absolute atomic E-state index is 0. The first kappa shape index (κ1) is 22.0. The highest BCUT2D eigenvalue weighted by Crippen LogP contribution is 2.33. The van der Waals surface area contributed by atoms with Gasteiger partial charge in [0, 0.05) is 39.5 Å². The van der Waals surface area contributed by atoms with Crippen LogP contribution in [-0.4, -0.2) is 57.8 Å². The van der Waals surface area contributed by atoms with Crippen molar-refractivity contribution in [2.75, 3.05) is 51.8 Å². The normalized spacial score (nSPS) is 19.1. The van der Waals surface area contributed by atoms with Crippen molar-refractivity contribution >= 4 is 36.4 Å². The third-order valence-electron chi connectivity index (χ3n) is 5.19. The number of carbonyl (C=O) groups excluding carboxylic acids is 1. The minimum Gasteiger partial charge on any atom is -0.384 e. The number of para-hydroxylation sites is 1. The second-order valence-electron chi connectivity index (χ2n) is 6.74. The van der Waals surface area contributed by atoms with E-state index in [-0.39, 0.29) is 36.1 Å². The number of fused-ring (bicyclic) bond motifs is 1. The average Bonchev–Trinajstić information content (AvgIpc) is 2.75. The van der Waals surface area contributed by atoms with E-state index in [2.05, 4.69) is 41.5 Å². The number of nitrogens with zero attached hydrogens (tertiary/aromatic N) is 2. The molecule has 1 aromatic rings. The largest absolute Gasteiger partial charge is 0.384 e. The van der Waals surface area contributed by atoms with Crippen molar-refractivity contribution in [1.29, 1.82) is 0 Å². The van der Waals surface area contributed by atoms with Gasteiger partial charge in [-0.1, -0.05) is 18.2 Å². The van der Waals surface area contributed by atoms with E-state index in [1.54, 1.807) is 7.11 Å². The second kappa shape index (κ2) is 9.62. The minimum atomic E-state index is -0.363. The van der Waals surface area contributed by atoms with Crippen LogP contribution in [0.25, 0.3) is 0 Å². The Balaban J connectivity index is 0.00000156. The molecule has 25 heavy (non-hydrogen) atoms. The SMILES string of the molecule is COCC1(C(=O)N2CCN(C)c3ccccc3C2)CCNCC1.Cl.Cl. The fourth-order valence-electron chi connectivity index (χ4n) is 3.80. The van der Waals surface area contributed by atoms with Crippen LogP contribution in [0.1, 0.15) is 18.4 Å². The monoisotopic (exact) mass is 389 g/mol. The first-order valence-electron chi connectivity index (χ1n) is 8.44. The molecule has 0 saturated carbocycles. The molecule has 0 unspecified atom stereocenters. The molecule has 1 aromatic carbocycles. The van der Waals surface area contributed by atoms with E-state index < -0.39 is 0 Å². The molecule has 0 radical (unpaired) electrons. The van der Waals surface area contributed by atoms with Crippen LogP contribution in [0.5, 0.6) is 0 Å². The smallest absolute Gasteiger partial charge is 0.231 e. The van der Waals surface area contributed by atoms with Crippen LogP contribution >= 0.6 is 24.8 Å². The summed E-state index contributed by atoms with van der Waals surface area (Å²) in [6.07, 6.45) is 1.71. The van der Waals surface area contributed by atoms with Gasteiger partial charge in [0.2, 0.25) is 5.91 Å². The Hall–Kier alpha value is -1.01. The van der Waals surface area contributed by atoms with Crippen molar-refractivity contribution in [1.82, 2.24) is 10.2 Å². The fourth-order valence-corrected chi connectivity index (χ4v) is 3.80. The third kappa shape index (κ3) is 4.59. The Bertz CT molecular complexity index is 559. The zero-order valence-electron chi connectivity index (χ0n) is 15.0. The predicted molar refractivity (Wildman–Crippen MR) is 106 cm³/mol. The van der Waals surface area contributed by atoms with Gasteiger partial charge in [-0.2, -0.15) is 0 Å². The molecule has 3 rings (SSSR count). The topological polar surface area (TPSA) is 44.8 Å². The van der Waals surface area contributed by atoms with E-state index in [1.807, 2.05) is 4.90 Å². The fraction of sp³-hybridized carbons (Fsp3) is 0.611. The maximum absolute atomic E-state index is 13.3. The van der Waals surface area contributed by atoms with Crippen LogP contribution in [0, 0.1) is 5.41 Å². The lowest BCUT2D eigenvalue weighted by molar-refractivity contribution is -0.148. The van der Waals surface area contributed by atoms with Gasteiger partial charge in [-0.15, -0.1) is 24.8 Å². The number of carbonyl (C=O) groups is 1. The number of nitrogens with one attached hydrogen (secondary N) is 1. The number of likely N-dealkylation sites (N-methyl/N-ethyl adjacent to an activating group) is 1. The molecular formula is C18H29Cl2N3O2. The Kier molecular flexibility index (Phi) is 8.48. The summed E-state index contributed by atoms with van der Waals surface area (Å²) >= 11 is 0. The van der Waals surface area contributed by atoms with Crippen LogP contribution in [-0.2, 0) is 16.1 Å². The van der Waals surface area contributed by atoms with Gasteiger partial charge in [-0.3, -0.25) is 4.79 Å². The standard InChI is InChI=1S/C18H27N3O2.2ClH/c1-20-11-12-21(13-15-5-3-4-6-16(15)20)17(22)18(14-23-2)7-9-19-10-8-18;;/h3-6,19H,7-14H2,1-2H3;2*1H. The van der Waals surface area contributed by atoms with E-state index in [4.69, 9.17) is 4.74 Å². The van der Waals surface area contributed by atoms with Gasteiger partial charge >= 0.3 is 0 Å². The number of methoxy groups -OCH3 is 1. The first-order chi connectivity index (χ1) is 11.2. The molecule has 5 nitrogen and oxygen atoms in total. The first-order valence-corrected chi connectivity index (χ1v) is 8.44. The van der Waals surface area contributed by atoms with Crippen molar-refractivity contribution in [3.8, 4) is 0 Å². The number of ether oxygens (including phenoxy) is 1. The molecule has 1 fully saturated rings. The number of halogens is 2. The van der Waals surface area contributed by atoms with Gasteiger partial charge < -0.3 is 19.9 Å². The Morgan fingerprint density at radius 1 is 1.20 bits per heavy atom. The number of hydrogen-bond acceptors (Lipinski definition) is 4. The van der Waals surface area contributed by atoms with Gasteiger partial charge in [-0.05, 0) is 37.6 Å². The molecule has 0 aliphatic carbocycles. The summed E-state index contributed by atoms with van der Waals surface area (Å²) in [7, 11) is 3.80. The summed E-state index contributed by atoms with van der Waals surface area (Å²) in [5, 5.41) is 3.36. The molecule has 1 N–H and O–H groups in total. The van der Waals surface area contributed by atoms with Crippen molar-refractivity contribution in [2.24, 2.45) is 5.41 Å². The summed E-state index contributed by atoms with van der Waals surface area (Å²) in [5.41, 5.74) is 2.09. The van der Waals surface area contributed by atoms with Crippen molar-refractivity contribution in [3.63, 3.8) is 0 Å². The predicted octanol–water partition coefficient (Wildman–Crippen LogP) is 2.32. The lowest BCUT2D eigenvalue weighted by Gasteiger charge is -2.39. The molecular weight excluding hydrogens is 361 g/mol. The molecule has 7 heteroatoms. The van der Waals surface area contributed by atoms with Gasteiger partial charge in [0.25, 0.3) is 0 Å². The second-order valence-corrected chi connectivity index (χ2v) is 6.74. The molecule has 1 saturated heterocycles. The van der Waals surface area contributed by atoms with E-state index in [0.29, 0.717) is 13.2 Å². The zero-order chi connectivity index (χ0) is 16.3. The molecule has 2 heterocycles. The number of piperidine rings is 1. The molecule has 2 aliphatic rings. The molecule has 0 spiro atoms. The lowest BCUT2D eigenvalue weighted by atomic mass is 9.78. The van der Waals surface area contributed by atoms with Gasteiger partial charge in [-0.25, -0.2) is 0 Å². The lowest BCUT2D eigenvalue weighted by Crippen LogP contribution is -2.52. The Morgan fingerprint density at radius 3 is 2.56 bits per heavy atom. The summed E-state index contributed by atoms with van der Waals surface area (Å²) < 4.78 is 5.43. The van der Waals surface area contributed by atoms with E-state index in [1.165, 1.54) is 11.3 Å². The molecule has 142 valence electrons. The number of rotatable bonds is 3. The van der Waals surface area contributed by atoms with Crippen LogP contribution in [0.4, 0.5) is 5.69 Å². The van der Waals surface area contributed by atoms with E-state index in [0.717, 1.165) is 39.0 Å². The summed E-state index contributed by atoms with van der Waals surface area (Å²) in [6.45, 7) is 4.62. The van der Waals surface area contributed by atoms with Gasteiger partial charge in [0.1, 0.15) is 0 Å². The summed E-state index contributed by atoms with van der Waals surface area (Å²) in [6, 6.07) is 8.38.